The Morgan fingerprint density at radius 1 is 0.324 bits per heavy atom. The van der Waals surface area contributed by atoms with Crippen molar-refractivity contribution in [2.75, 3.05) is 13.2 Å². The van der Waals surface area contributed by atoms with Crippen LogP contribution in [-0.4, -0.2) is 37.2 Å². The minimum absolute atomic E-state index is 0.130. The summed E-state index contributed by atoms with van der Waals surface area (Å²) in [5.74, 6) is -1.07. The molecule has 0 aromatic carbocycles. The Hall–Kier alpha value is -4.97. The quantitative estimate of drug-likeness (QED) is 0.0199. The highest BCUT2D eigenvalue weighted by Gasteiger charge is 2.19. The van der Waals surface area contributed by atoms with Gasteiger partial charge in [0.05, 0.1) is 0 Å². The fraction of sp³-hybridized carbons (Fsp3) is 0.532. The monoisotopic (exact) mass is 935 g/mol. The SMILES string of the molecule is CC/C=C/C=C/C=C/CCCCCCCC(=O)OCC(COC(=O)CC/C=C/C/C=C/C/C=C/C/C=C/C/C=C/C/C=C/CC)OC(=O)CCCCCCC/C=C/C=C/C=C/C=C/CCCCC. The first kappa shape index (κ1) is 63.0. The molecule has 0 aromatic rings. The van der Waals surface area contributed by atoms with E-state index in [9.17, 15) is 14.4 Å². The summed E-state index contributed by atoms with van der Waals surface area (Å²) in [5, 5.41) is 0. The van der Waals surface area contributed by atoms with Gasteiger partial charge in [0.25, 0.3) is 0 Å². The molecule has 0 fully saturated rings. The fourth-order valence-corrected chi connectivity index (χ4v) is 6.48. The van der Waals surface area contributed by atoms with E-state index in [1.54, 1.807) is 0 Å². The Morgan fingerprint density at radius 2 is 0.676 bits per heavy atom. The van der Waals surface area contributed by atoms with E-state index in [2.05, 4.69) is 161 Å². The van der Waals surface area contributed by atoms with Crippen molar-refractivity contribution in [3.05, 3.63) is 158 Å². The minimum Gasteiger partial charge on any atom is -0.462 e. The van der Waals surface area contributed by atoms with Crippen LogP contribution in [0.25, 0.3) is 0 Å². The summed E-state index contributed by atoms with van der Waals surface area (Å²) in [6, 6.07) is 0. The number of hydrogen-bond donors (Lipinski definition) is 0. The molecule has 0 N–H and O–H groups in total. The van der Waals surface area contributed by atoms with Crippen LogP contribution in [0.3, 0.4) is 0 Å². The molecule has 6 nitrogen and oxygen atoms in total. The number of carbonyl (C=O) groups is 3. The summed E-state index contributed by atoms with van der Waals surface area (Å²) in [6.07, 6.45) is 79.5. The van der Waals surface area contributed by atoms with Gasteiger partial charge in [0.15, 0.2) is 6.10 Å². The van der Waals surface area contributed by atoms with Crippen LogP contribution < -0.4 is 0 Å². The van der Waals surface area contributed by atoms with Crippen LogP contribution in [0.15, 0.2) is 158 Å². The highest BCUT2D eigenvalue weighted by Crippen LogP contribution is 2.12. The standard InChI is InChI=1S/C62H94O6/c1-4-7-10-13-16-19-22-25-27-29-31-33-34-37-40-43-46-49-52-55-61(64)67-58-59(57-66-60(63)54-51-48-45-42-39-36-24-21-18-15-12-9-6-3)68-62(65)56-53-50-47-44-41-38-35-32-30-28-26-23-20-17-14-11-8-5-2/h7,9-10,12,15-21,23-28,30-33,35,37,40,46,49,59H,4-6,8,11,13-14,22,29,34,36,38-39,41-45,47-48,50-58H2,1-3H3/b10-7+,12-9+,18-15+,19-16+,20-17+,24-21+,26-23+,27-25+,30-28+,33-31+,35-32+,40-37+,49-46+. The average Bonchev–Trinajstić information content (AvgIpc) is 3.34. The lowest BCUT2D eigenvalue weighted by Gasteiger charge is -2.18. The van der Waals surface area contributed by atoms with Gasteiger partial charge in [-0.3, -0.25) is 14.4 Å². The van der Waals surface area contributed by atoms with E-state index in [0.717, 1.165) is 128 Å². The number of esters is 3. The predicted molar refractivity (Wildman–Crippen MR) is 292 cm³/mol. The second-order valence-corrected chi connectivity index (χ2v) is 16.8. The Bertz CT molecular complexity index is 1590. The first-order valence-corrected chi connectivity index (χ1v) is 26.6. The summed E-state index contributed by atoms with van der Waals surface area (Å²) >= 11 is 0. The van der Waals surface area contributed by atoms with Crippen molar-refractivity contribution < 1.29 is 28.6 Å². The summed E-state index contributed by atoms with van der Waals surface area (Å²) in [7, 11) is 0. The van der Waals surface area contributed by atoms with E-state index < -0.39 is 6.10 Å². The second-order valence-electron chi connectivity index (χ2n) is 16.8. The zero-order valence-corrected chi connectivity index (χ0v) is 43.0. The molecule has 0 heterocycles. The molecule has 68 heavy (non-hydrogen) atoms. The highest BCUT2D eigenvalue weighted by atomic mass is 16.6. The molecule has 0 rings (SSSR count). The van der Waals surface area contributed by atoms with Gasteiger partial charge in [0.2, 0.25) is 0 Å². The molecule has 0 saturated heterocycles. The van der Waals surface area contributed by atoms with Crippen molar-refractivity contribution in [3.8, 4) is 0 Å². The zero-order chi connectivity index (χ0) is 49.3. The Morgan fingerprint density at radius 3 is 1.13 bits per heavy atom. The van der Waals surface area contributed by atoms with Crippen LogP contribution in [0.2, 0.25) is 0 Å². The number of carbonyl (C=O) groups excluding carboxylic acids is 3. The zero-order valence-electron chi connectivity index (χ0n) is 43.0. The smallest absolute Gasteiger partial charge is 0.306 e. The van der Waals surface area contributed by atoms with Crippen LogP contribution in [0.5, 0.6) is 0 Å². The topological polar surface area (TPSA) is 78.9 Å². The van der Waals surface area contributed by atoms with Gasteiger partial charge in [-0.05, 0) is 103 Å². The molecule has 1 atom stereocenters. The van der Waals surface area contributed by atoms with E-state index in [4.69, 9.17) is 14.2 Å². The third kappa shape index (κ3) is 52.0. The van der Waals surface area contributed by atoms with Crippen LogP contribution in [0.4, 0.5) is 0 Å². The summed E-state index contributed by atoms with van der Waals surface area (Å²) in [6.45, 7) is 6.22. The molecule has 6 heteroatoms. The molecule has 1 unspecified atom stereocenters. The average molecular weight is 935 g/mol. The molecule has 0 aliphatic rings. The highest BCUT2D eigenvalue weighted by molar-refractivity contribution is 5.71. The van der Waals surface area contributed by atoms with Gasteiger partial charge in [-0.1, -0.05) is 230 Å². The molecule has 0 bridgehead atoms. The summed E-state index contributed by atoms with van der Waals surface area (Å²) < 4.78 is 16.7. The van der Waals surface area contributed by atoms with Gasteiger partial charge in [-0.2, -0.15) is 0 Å². The van der Waals surface area contributed by atoms with E-state index >= 15 is 0 Å². The maximum atomic E-state index is 12.8. The molecule has 0 radical (unpaired) electrons. The van der Waals surface area contributed by atoms with Crippen molar-refractivity contribution in [1.29, 1.82) is 0 Å². The summed E-state index contributed by atoms with van der Waals surface area (Å²) in [4.78, 5) is 38.0. The lowest BCUT2D eigenvalue weighted by Crippen LogP contribution is -2.30. The normalized spacial score (nSPS) is 13.4. The Kier molecular flexibility index (Phi) is 50.6. The van der Waals surface area contributed by atoms with Crippen LogP contribution in [0, 0.1) is 0 Å². The lowest BCUT2D eigenvalue weighted by molar-refractivity contribution is -0.166. The molecular weight excluding hydrogens is 841 g/mol. The third-order valence-electron chi connectivity index (χ3n) is 10.4. The number of unbranched alkanes of at least 4 members (excludes halogenated alkanes) is 13. The first-order chi connectivity index (χ1) is 33.5. The van der Waals surface area contributed by atoms with Gasteiger partial charge >= 0.3 is 17.9 Å². The molecule has 0 aromatic heterocycles. The van der Waals surface area contributed by atoms with Gasteiger partial charge in [-0.25, -0.2) is 0 Å². The first-order valence-electron chi connectivity index (χ1n) is 26.6. The van der Waals surface area contributed by atoms with E-state index in [0.29, 0.717) is 12.8 Å². The molecule has 0 aliphatic heterocycles. The van der Waals surface area contributed by atoms with Crippen LogP contribution in [-0.2, 0) is 28.6 Å². The molecule has 0 aliphatic carbocycles. The molecule has 0 saturated carbocycles. The van der Waals surface area contributed by atoms with Gasteiger partial charge in [-0.15, -0.1) is 0 Å². The van der Waals surface area contributed by atoms with Crippen molar-refractivity contribution in [3.63, 3.8) is 0 Å². The Balaban J connectivity index is 4.62. The van der Waals surface area contributed by atoms with Crippen molar-refractivity contribution in [1.82, 2.24) is 0 Å². The number of rotatable bonds is 45. The predicted octanol–water partition coefficient (Wildman–Crippen LogP) is 17.8. The van der Waals surface area contributed by atoms with Crippen LogP contribution in [0.1, 0.15) is 194 Å². The van der Waals surface area contributed by atoms with Crippen molar-refractivity contribution in [2.45, 2.75) is 200 Å². The molecule has 378 valence electrons. The summed E-state index contributed by atoms with van der Waals surface area (Å²) in [5.41, 5.74) is 0. The van der Waals surface area contributed by atoms with Gasteiger partial charge < -0.3 is 14.2 Å². The van der Waals surface area contributed by atoms with E-state index in [1.165, 1.54) is 19.3 Å². The van der Waals surface area contributed by atoms with Crippen molar-refractivity contribution in [2.24, 2.45) is 0 Å². The maximum Gasteiger partial charge on any atom is 0.306 e. The van der Waals surface area contributed by atoms with E-state index in [1.807, 2.05) is 18.2 Å². The number of ether oxygens (including phenoxy) is 3. The molecule has 0 amide bonds. The molecular formula is C62H94O6. The maximum absolute atomic E-state index is 12.8. The van der Waals surface area contributed by atoms with Crippen LogP contribution >= 0.6 is 0 Å². The second kappa shape index (κ2) is 54.6. The third-order valence-corrected chi connectivity index (χ3v) is 10.4. The minimum atomic E-state index is -0.838. The number of hydrogen-bond acceptors (Lipinski definition) is 6. The van der Waals surface area contributed by atoms with Gasteiger partial charge in [0.1, 0.15) is 13.2 Å². The number of allylic oxidation sites excluding steroid dienone is 26. The van der Waals surface area contributed by atoms with Gasteiger partial charge in [0, 0.05) is 19.3 Å². The molecule has 0 spiro atoms. The Labute approximate surface area is 416 Å². The fourth-order valence-electron chi connectivity index (χ4n) is 6.48. The largest absolute Gasteiger partial charge is 0.462 e. The lowest BCUT2D eigenvalue weighted by atomic mass is 10.1. The van der Waals surface area contributed by atoms with E-state index in [-0.39, 0.29) is 44.0 Å². The van der Waals surface area contributed by atoms with Crippen molar-refractivity contribution >= 4 is 17.9 Å².